The van der Waals surface area contributed by atoms with E-state index in [0.29, 0.717) is 5.69 Å². The highest BCUT2D eigenvalue weighted by atomic mass is 32.2. The molecular weight excluding hydrogens is 313 g/mol. The molecule has 0 aliphatic rings. The Bertz CT molecular complexity index is 667. The summed E-state index contributed by atoms with van der Waals surface area (Å²) >= 11 is 2.34. The smallest absolute Gasteiger partial charge is 0.348 e. The Labute approximate surface area is 129 Å². The second kappa shape index (κ2) is 6.73. The first-order chi connectivity index (χ1) is 9.97. The van der Waals surface area contributed by atoms with Crippen LogP contribution in [-0.2, 0) is 4.79 Å². The molecule has 21 heavy (non-hydrogen) atoms. The van der Waals surface area contributed by atoms with Crippen molar-refractivity contribution in [2.45, 2.75) is 11.8 Å². The van der Waals surface area contributed by atoms with E-state index in [1.165, 1.54) is 23.9 Å². The predicted molar refractivity (Wildman–Crippen MR) is 81.8 cm³/mol. The number of aromatic carboxylic acids is 1. The summed E-state index contributed by atoms with van der Waals surface area (Å²) in [6.07, 6.45) is 0. The SMILES string of the molecule is Cc1csc(C(=O)O)c1NC(=O)CSc1ccc(F)cc1. The van der Waals surface area contributed by atoms with Crippen molar-refractivity contribution in [3.8, 4) is 0 Å². The summed E-state index contributed by atoms with van der Waals surface area (Å²) in [5.74, 6) is -1.56. The van der Waals surface area contributed by atoms with Crippen LogP contribution in [0, 0.1) is 12.7 Å². The van der Waals surface area contributed by atoms with Crippen molar-refractivity contribution in [2.75, 3.05) is 11.1 Å². The molecule has 0 saturated heterocycles. The van der Waals surface area contributed by atoms with Crippen molar-refractivity contribution in [1.29, 1.82) is 0 Å². The van der Waals surface area contributed by atoms with Crippen LogP contribution in [0.1, 0.15) is 15.2 Å². The number of anilines is 1. The maximum atomic E-state index is 12.8. The monoisotopic (exact) mass is 325 g/mol. The van der Waals surface area contributed by atoms with Crippen molar-refractivity contribution >= 4 is 40.7 Å². The number of amides is 1. The van der Waals surface area contributed by atoms with Crippen LogP contribution in [0.25, 0.3) is 0 Å². The van der Waals surface area contributed by atoms with Crippen LogP contribution in [0.15, 0.2) is 34.5 Å². The number of thiophene rings is 1. The zero-order valence-corrected chi connectivity index (χ0v) is 12.7. The van der Waals surface area contributed by atoms with Gasteiger partial charge in [-0.15, -0.1) is 23.1 Å². The molecule has 7 heteroatoms. The Morgan fingerprint density at radius 2 is 2.00 bits per heavy atom. The lowest BCUT2D eigenvalue weighted by atomic mass is 10.2. The van der Waals surface area contributed by atoms with E-state index in [1.54, 1.807) is 24.4 Å². The van der Waals surface area contributed by atoms with E-state index in [2.05, 4.69) is 5.32 Å². The van der Waals surface area contributed by atoms with Gasteiger partial charge in [0, 0.05) is 4.90 Å². The molecule has 2 N–H and O–H groups in total. The van der Waals surface area contributed by atoms with Gasteiger partial charge < -0.3 is 10.4 Å². The fourth-order valence-corrected chi connectivity index (χ4v) is 3.15. The molecule has 1 heterocycles. The van der Waals surface area contributed by atoms with Crippen molar-refractivity contribution in [3.05, 3.63) is 45.9 Å². The fraction of sp³-hybridized carbons (Fsp3) is 0.143. The normalized spacial score (nSPS) is 10.4. The number of carboxylic acid groups (broad SMARTS) is 1. The Kier molecular flexibility index (Phi) is 4.98. The molecular formula is C14H12FNO3S2. The van der Waals surface area contributed by atoms with Crippen LogP contribution in [-0.4, -0.2) is 22.7 Å². The highest BCUT2D eigenvalue weighted by molar-refractivity contribution is 8.00. The number of nitrogens with one attached hydrogen (secondary N) is 1. The van der Waals surface area contributed by atoms with Crippen molar-refractivity contribution in [2.24, 2.45) is 0 Å². The average Bonchev–Trinajstić information content (AvgIpc) is 2.80. The molecule has 1 aromatic heterocycles. The molecule has 2 aromatic rings. The molecule has 110 valence electrons. The number of thioether (sulfide) groups is 1. The van der Waals surface area contributed by atoms with Crippen molar-refractivity contribution in [1.82, 2.24) is 0 Å². The summed E-state index contributed by atoms with van der Waals surface area (Å²) in [4.78, 5) is 23.8. The molecule has 0 atom stereocenters. The molecule has 0 aliphatic heterocycles. The Hall–Kier alpha value is -1.86. The van der Waals surface area contributed by atoms with Crippen molar-refractivity contribution in [3.63, 3.8) is 0 Å². The Balaban J connectivity index is 1.97. The molecule has 2 rings (SSSR count). The topological polar surface area (TPSA) is 66.4 Å². The molecule has 0 aliphatic carbocycles. The predicted octanol–water partition coefficient (Wildman–Crippen LogP) is 3.62. The van der Waals surface area contributed by atoms with E-state index in [9.17, 15) is 14.0 Å². The minimum Gasteiger partial charge on any atom is -0.477 e. The van der Waals surface area contributed by atoms with Gasteiger partial charge in [-0.25, -0.2) is 9.18 Å². The molecule has 4 nitrogen and oxygen atoms in total. The first-order valence-corrected chi connectivity index (χ1v) is 7.83. The van der Waals surface area contributed by atoms with Crippen LogP contribution < -0.4 is 5.32 Å². The van der Waals surface area contributed by atoms with Crippen LogP contribution >= 0.6 is 23.1 Å². The minimum atomic E-state index is -1.06. The molecule has 1 aromatic carbocycles. The number of rotatable bonds is 5. The van der Waals surface area contributed by atoms with E-state index in [1.807, 2.05) is 0 Å². The molecule has 0 spiro atoms. The Morgan fingerprint density at radius 1 is 1.33 bits per heavy atom. The van der Waals surface area contributed by atoms with Gasteiger partial charge in [-0.05, 0) is 42.1 Å². The molecule has 0 fully saturated rings. The van der Waals surface area contributed by atoms with Crippen molar-refractivity contribution < 1.29 is 19.1 Å². The third-order valence-corrected chi connectivity index (χ3v) is 4.72. The lowest BCUT2D eigenvalue weighted by Crippen LogP contribution is -2.16. The maximum Gasteiger partial charge on any atom is 0.348 e. The van der Waals surface area contributed by atoms with E-state index < -0.39 is 5.97 Å². The molecule has 0 saturated carbocycles. The number of carbonyl (C=O) groups is 2. The molecule has 0 unspecified atom stereocenters. The largest absolute Gasteiger partial charge is 0.477 e. The van der Waals surface area contributed by atoms with Gasteiger partial charge in [0.25, 0.3) is 0 Å². The van der Waals surface area contributed by atoms with E-state index >= 15 is 0 Å². The standard InChI is InChI=1S/C14H12FNO3S2/c1-8-6-21-13(14(18)19)12(8)16-11(17)7-20-10-4-2-9(15)3-5-10/h2-6H,7H2,1H3,(H,16,17)(H,18,19). The first kappa shape index (κ1) is 15.5. The van der Waals surface area contributed by atoms with E-state index in [4.69, 9.17) is 5.11 Å². The summed E-state index contributed by atoms with van der Waals surface area (Å²) in [5.41, 5.74) is 1.06. The van der Waals surface area contributed by atoms with Gasteiger partial charge in [0.05, 0.1) is 11.4 Å². The van der Waals surface area contributed by atoms with E-state index in [0.717, 1.165) is 21.8 Å². The van der Waals surface area contributed by atoms with E-state index in [-0.39, 0.29) is 22.4 Å². The molecule has 0 bridgehead atoms. The van der Waals surface area contributed by atoms with Crippen LogP contribution in [0.4, 0.5) is 10.1 Å². The molecule has 0 radical (unpaired) electrons. The summed E-state index contributed by atoms with van der Waals surface area (Å²) < 4.78 is 12.8. The number of aryl methyl sites for hydroxylation is 1. The van der Waals surface area contributed by atoms with Gasteiger partial charge in [-0.1, -0.05) is 0 Å². The van der Waals surface area contributed by atoms with Gasteiger partial charge in [-0.2, -0.15) is 0 Å². The average molecular weight is 325 g/mol. The number of benzene rings is 1. The van der Waals surface area contributed by atoms with Crippen LogP contribution in [0.3, 0.4) is 0 Å². The fourth-order valence-electron chi connectivity index (χ4n) is 1.61. The lowest BCUT2D eigenvalue weighted by Gasteiger charge is -2.06. The van der Waals surface area contributed by atoms with Gasteiger partial charge in [0.15, 0.2) is 0 Å². The van der Waals surface area contributed by atoms with Gasteiger partial charge in [-0.3, -0.25) is 4.79 Å². The third kappa shape index (κ3) is 4.05. The molecule has 1 amide bonds. The van der Waals surface area contributed by atoms with Gasteiger partial charge in [0.2, 0.25) is 5.91 Å². The summed E-state index contributed by atoms with van der Waals surface area (Å²) in [6.45, 7) is 1.74. The summed E-state index contributed by atoms with van der Waals surface area (Å²) in [6, 6.07) is 5.83. The summed E-state index contributed by atoms with van der Waals surface area (Å²) in [7, 11) is 0. The number of carboxylic acids is 1. The van der Waals surface area contributed by atoms with Gasteiger partial charge in [0.1, 0.15) is 10.7 Å². The first-order valence-electron chi connectivity index (χ1n) is 5.97. The summed E-state index contributed by atoms with van der Waals surface area (Å²) in [5, 5.41) is 13.3. The van der Waals surface area contributed by atoms with Crippen LogP contribution in [0.2, 0.25) is 0 Å². The zero-order chi connectivity index (χ0) is 15.4. The number of hydrogen-bond donors (Lipinski definition) is 2. The quantitative estimate of drug-likeness (QED) is 0.824. The second-order valence-electron chi connectivity index (χ2n) is 4.22. The van der Waals surface area contributed by atoms with Gasteiger partial charge >= 0.3 is 5.97 Å². The Morgan fingerprint density at radius 3 is 2.62 bits per heavy atom. The number of halogens is 1. The second-order valence-corrected chi connectivity index (χ2v) is 6.15. The van der Waals surface area contributed by atoms with Crippen LogP contribution in [0.5, 0.6) is 0 Å². The lowest BCUT2D eigenvalue weighted by molar-refractivity contribution is -0.113. The maximum absolute atomic E-state index is 12.8. The zero-order valence-electron chi connectivity index (χ0n) is 11.1. The highest BCUT2D eigenvalue weighted by Crippen LogP contribution is 2.28. The number of hydrogen-bond acceptors (Lipinski definition) is 4. The number of carbonyl (C=O) groups excluding carboxylic acids is 1. The minimum absolute atomic E-state index is 0.118. The highest BCUT2D eigenvalue weighted by Gasteiger charge is 2.17. The third-order valence-electron chi connectivity index (χ3n) is 2.62.